The molecule has 2 atom stereocenters. The third-order valence-corrected chi connectivity index (χ3v) is 2.41. The number of phenols is 1. The topological polar surface area (TPSA) is 106 Å². The third-order valence-electron chi connectivity index (χ3n) is 2.41. The van der Waals surface area contributed by atoms with E-state index in [1.165, 1.54) is 6.92 Å². The van der Waals surface area contributed by atoms with Gasteiger partial charge >= 0.3 is 5.97 Å². The second-order valence-corrected chi connectivity index (χ2v) is 3.90. The highest BCUT2D eigenvalue weighted by atomic mass is 16.6. The molecule has 0 saturated carbocycles. The first-order valence-corrected chi connectivity index (χ1v) is 5.86. The highest BCUT2D eigenvalue weighted by molar-refractivity contribution is 5.65. The van der Waals surface area contributed by atoms with Crippen LogP contribution in [0, 0.1) is 0 Å². The lowest BCUT2D eigenvalue weighted by Crippen LogP contribution is -2.13. The number of carbonyl (C=O) groups is 2. The molecule has 1 aromatic rings. The van der Waals surface area contributed by atoms with Crippen LogP contribution in [-0.2, 0) is 19.1 Å². The van der Waals surface area contributed by atoms with E-state index in [1.54, 1.807) is 24.3 Å². The molecule has 1 fully saturated rings. The summed E-state index contributed by atoms with van der Waals surface area (Å²) in [4.78, 5) is 18.9. The van der Waals surface area contributed by atoms with Crippen LogP contribution in [0.5, 0.6) is 11.5 Å². The van der Waals surface area contributed by atoms with Crippen molar-refractivity contribution in [1.29, 1.82) is 0 Å². The second-order valence-electron chi connectivity index (χ2n) is 3.90. The predicted octanol–water partition coefficient (Wildman–Crippen LogP) is 0.802. The number of ether oxygens (including phenoxy) is 3. The summed E-state index contributed by atoms with van der Waals surface area (Å²) in [5.41, 5.74) is 0. The van der Waals surface area contributed by atoms with E-state index in [0.717, 1.165) is 0 Å². The maximum absolute atomic E-state index is 10.6. The van der Waals surface area contributed by atoms with Crippen molar-refractivity contribution in [2.24, 2.45) is 0 Å². The lowest BCUT2D eigenvalue weighted by molar-refractivity contribution is -0.141. The average molecular weight is 284 g/mol. The summed E-state index contributed by atoms with van der Waals surface area (Å²) in [5.74, 6) is 0.208. The van der Waals surface area contributed by atoms with Crippen LogP contribution in [0.2, 0.25) is 0 Å². The molecule has 7 heteroatoms. The Hall–Kier alpha value is -2.28. The van der Waals surface area contributed by atoms with E-state index >= 15 is 0 Å². The Balaban J connectivity index is 0.000000612. The quantitative estimate of drug-likeness (QED) is 0.468. The molecule has 0 spiro atoms. The van der Waals surface area contributed by atoms with Gasteiger partial charge in [0.1, 0.15) is 25.4 Å². The normalized spacial score (nSPS) is 19.2. The Kier molecular flexibility index (Phi) is 6.31. The van der Waals surface area contributed by atoms with Gasteiger partial charge in [-0.3, -0.25) is 9.59 Å². The van der Waals surface area contributed by atoms with Crippen molar-refractivity contribution in [3.8, 4) is 11.5 Å². The molecule has 1 heterocycles. The highest BCUT2D eigenvalue weighted by Gasteiger charge is 2.40. The van der Waals surface area contributed by atoms with Gasteiger partial charge in [-0.2, -0.15) is 0 Å². The minimum absolute atomic E-state index is 0.0750. The SMILES string of the molecule is CC(=O)OCC1OC1COc1ccccc1O.O=CO. The highest BCUT2D eigenvalue weighted by Crippen LogP contribution is 2.28. The summed E-state index contributed by atoms with van der Waals surface area (Å²) in [6.45, 7) is 1.70. The Bertz CT molecular complexity index is 446. The molecule has 1 aliphatic rings. The number of epoxide rings is 1. The van der Waals surface area contributed by atoms with Crippen LogP contribution in [0.1, 0.15) is 6.92 Å². The van der Waals surface area contributed by atoms with Crippen molar-refractivity contribution in [2.45, 2.75) is 19.1 Å². The van der Waals surface area contributed by atoms with E-state index in [-0.39, 0.29) is 37.0 Å². The maximum Gasteiger partial charge on any atom is 0.302 e. The van der Waals surface area contributed by atoms with Gasteiger partial charge in [-0.25, -0.2) is 0 Å². The largest absolute Gasteiger partial charge is 0.504 e. The average Bonchev–Trinajstić information content (AvgIpc) is 3.15. The number of para-hydroxylation sites is 2. The molecular weight excluding hydrogens is 268 g/mol. The van der Waals surface area contributed by atoms with Gasteiger partial charge in [0.15, 0.2) is 11.5 Å². The zero-order valence-electron chi connectivity index (χ0n) is 10.9. The van der Waals surface area contributed by atoms with Gasteiger partial charge in [0.2, 0.25) is 0 Å². The van der Waals surface area contributed by atoms with Gasteiger partial charge in [-0.15, -0.1) is 0 Å². The van der Waals surface area contributed by atoms with Crippen molar-refractivity contribution in [1.82, 2.24) is 0 Å². The second kappa shape index (κ2) is 8.00. The van der Waals surface area contributed by atoms with Crippen LogP contribution >= 0.6 is 0 Å². The molecule has 1 aliphatic heterocycles. The third kappa shape index (κ3) is 5.57. The zero-order valence-corrected chi connectivity index (χ0v) is 10.9. The van der Waals surface area contributed by atoms with Crippen LogP contribution in [-0.4, -0.2) is 48.1 Å². The molecule has 110 valence electrons. The van der Waals surface area contributed by atoms with E-state index in [2.05, 4.69) is 0 Å². The minimum atomic E-state index is -0.319. The van der Waals surface area contributed by atoms with Crippen molar-refractivity contribution >= 4 is 12.4 Å². The van der Waals surface area contributed by atoms with Crippen molar-refractivity contribution < 1.29 is 34.0 Å². The standard InChI is InChI=1S/C12H14O5.CH2O2/c1-8(13)15-6-11-12(17-11)7-16-10-5-3-2-4-9(10)14;2-1-3/h2-5,11-12,14H,6-7H2,1H3;1H,(H,2,3). The first kappa shape index (κ1) is 15.8. The van der Waals surface area contributed by atoms with Crippen LogP contribution in [0.25, 0.3) is 0 Å². The number of carbonyl (C=O) groups excluding carboxylic acids is 1. The Morgan fingerprint density at radius 3 is 2.55 bits per heavy atom. The maximum atomic E-state index is 10.6. The van der Waals surface area contributed by atoms with E-state index in [1.807, 2.05) is 0 Å². The molecule has 0 radical (unpaired) electrons. The van der Waals surface area contributed by atoms with Crippen LogP contribution in [0.4, 0.5) is 0 Å². The number of benzene rings is 1. The minimum Gasteiger partial charge on any atom is -0.504 e. The first-order chi connectivity index (χ1) is 9.58. The van der Waals surface area contributed by atoms with Gasteiger partial charge in [0.25, 0.3) is 6.47 Å². The summed E-state index contributed by atoms with van der Waals surface area (Å²) in [6, 6.07) is 6.73. The molecule has 2 rings (SSSR count). The van der Waals surface area contributed by atoms with Crippen molar-refractivity contribution in [2.75, 3.05) is 13.2 Å². The molecule has 0 bridgehead atoms. The van der Waals surface area contributed by atoms with E-state index < -0.39 is 0 Å². The van der Waals surface area contributed by atoms with Gasteiger partial charge in [-0.1, -0.05) is 12.1 Å². The molecule has 2 N–H and O–H groups in total. The zero-order chi connectivity index (χ0) is 15.0. The van der Waals surface area contributed by atoms with Gasteiger partial charge in [-0.05, 0) is 12.1 Å². The number of carboxylic acid groups (broad SMARTS) is 1. The number of hydrogen-bond donors (Lipinski definition) is 2. The molecule has 0 amide bonds. The van der Waals surface area contributed by atoms with Gasteiger partial charge in [0.05, 0.1) is 0 Å². The fourth-order valence-electron chi connectivity index (χ4n) is 1.42. The van der Waals surface area contributed by atoms with Crippen LogP contribution in [0.15, 0.2) is 24.3 Å². The summed E-state index contributed by atoms with van der Waals surface area (Å²) in [6.07, 6.45) is -0.168. The van der Waals surface area contributed by atoms with E-state index in [9.17, 15) is 9.90 Å². The van der Waals surface area contributed by atoms with E-state index in [4.69, 9.17) is 24.1 Å². The van der Waals surface area contributed by atoms with Gasteiger partial charge < -0.3 is 24.4 Å². The molecule has 2 unspecified atom stereocenters. The predicted molar refractivity (Wildman–Crippen MR) is 67.6 cm³/mol. The Labute approximate surface area is 115 Å². The number of phenolic OH excluding ortho intramolecular Hbond substituents is 1. The molecular formula is C13H16O7. The van der Waals surface area contributed by atoms with Crippen molar-refractivity contribution in [3.05, 3.63) is 24.3 Å². The number of aromatic hydroxyl groups is 1. The fourth-order valence-corrected chi connectivity index (χ4v) is 1.42. The summed E-state index contributed by atoms with van der Waals surface area (Å²) in [5, 5.41) is 16.3. The lowest BCUT2D eigenvalue weighted by Gasteiger charge is -2.05. The lowest BCUT2D eigenvalue weighted by atomic mass is 10.3. The fraction of sp³-hybridized carbons (Fsp3) is 0.385. The summed E-state index contributed by atoms with van der Waals surface area (Å²) >= 11 is 0. The molecule has 0 aromatic heterocycles. The van der Waals surface area contributed by atoms with E-state index in [0.29, 0.717) is 12.4 Å². The van der Waals surface area contributed by atoms with Crippen LogP contribution in [0.3, 0.4) is 0 Å². The number of esters is 1. The number of rotatable bonds is 5. The first-order valence-electron chi connectivity index (χ1n) is 5.86. The van der Waals surface area contributed by atoms with Crippen LogP contribution < -0.4 is 4.74 Å². The van der Waals surface area contributed by atoms with Crippen molar-refractivity contribution in [3.63, 3.8) is 0 Å². The number of hydrogen-bond acceptors (Lipinski definition) is 6. The van der Waals surface area contributed by atoms with Gasteiger partial charge in [0, 0.05) is 6.92 Å². The monoisotopic (exact) mass is 284 g/mol. The molecule has 1 saturated heterocycles. The Morgan fingerprint density at radius 2 is 1.95 bits per heavy atom. The summed E-state index contributed by atoms with van der Waals surface area (Å²) in [7, 11) is 0. The molecule has 7 nitrogen and oxygen atoms in total. The smallest absolute Gasteiger partial charge is 0.302 e. The summed E-state index contributed by atoms with van der Waals surface area (Å²) < 4.78 is 15.4. The molecule has 0 aliphatic carbocycles. The molecule has 20 heavy (non-hydrogen) atoms. The molecule has 1 aromatic carbocycles. The Morgan fingerprint density at radius 1 is 1.35 bits per heavy atom.